The summed E-state index contributed by atoms with van der Waals surface area (Å²) < 4.78 is 0. The highest BCUT2D eigenvalue weighted by Crippen LogP contribution is 2.31. The van der Waals surface area contributed by atoms with Crippen molar-refractivity contribution in [2.24, 2.45) is 0 Å². The fraction of sp³-hybridized carbons (Fsp3) is 0.0769. The first-order valence-electron chi connectivity index (χ1n) is 5.27. The highest BCUT2D eigenvalue weighted by Gasteiger charge is 2.10. The van der Waals surface area contributed by atoms with Gasteiger partial charge >= 0.3 is 0 Å². The SMILES string of the molecule is Cc1ccc2c(c1)nc(N)c1nccc(Cl)c12. The van der Waals surface area contributed by atoms with Gasteiger partial charge in [0.05, 0.1) is 10.5 Å². The minimum absolute atomic E-state index is 0.417. The lowest BCUT2D eigenvalue weighted by atomic mass is 10.1. The highest BCUT2D eigenvalue weighted by atomic mass is 35.5. The number of hydrogen-bond acceptors (Lipinski definition) is 3. The number of nitrogen functional groups attached to an aromatic ring is 1. The maximum Gasteiger partial charge on any atom is 0.150 e. The van der Waals surface area contributed by atoms with Gasteiger partial charge < -0.3 is 5.73 Å². The Balaban J connectivity index is 2.62. The Morgan fingerprint density at radius 1 is 1.24 bits per heavy atom. The third-order valence-electron chi connectivity index (χ3n) is 2.81. The Hall–Kier alpha value is -1.87. The third-order valence-corrected chi connectivity index (χ3v) is 3.12. The molecule has 0 aliphatic heterocycles. The van der Waals surface area contributed by atoms with Gasteiger partial charge in [0.1, 0.15) is 5.52 Å². The zero-order valence-electron chi connectivity index (χ0n) is 9.24. The van der Waals surface area contributed by atoms with Gasteiger partial charge in [-0.05, 0) is 24.6 Å². The topological polar surface area (TPSA) is 51.8 Å². The molecule has 2 heterocycles. The summed E-state index contributed by atoms with van der Waals surface area (Å²) in [4.78, 5) is 8.60. The number of hydrogen-bond donors (Lipinski definition) is 1. The van der Waals surface area contributed by atoms with E-state index in [-0.39, 0.29) is 0 Å². The zero-order chi connectivity index (χ0) is 12.0. The number of nitrogens with zero attached hydrogens (tertiary/aromatic N) is 2. The normalized spacial score (nSPS) is 11.2. The Morgan fingerprint density at radius 3 is 2.88 bits per heavy atom. The smallest absolute Gasteiger partial charge is 0.150 e. The number of pyridine rings is 2. The molecule has 3 nitrogen and oxygen atoms in total. The Labute approximate surface area is 103 Å². The summed E-state index contributed by atoms with van der Waals surface area (Å²) in [6.07, 6.45) is 1.64. The molecule has 4 heteroatoms. The van der Waals surface area contributed by atoms with Crippen LogP contribution in [0.2, 0.25) is 5.02 Å². The van der Waals surface area contributed by atoms with Crippen molar-refractivity contribution in [2.75, 3.05) is 5.73 Å². The predicted molar refractivity (Wildman–Crippen MR) is 71.2 cm³/mol. The number of benzene rings is 1. The number of fused-ring (bicyclic) bond motifs is 3. The van der Waals surface area contributed by atoms with Crippen LogP contribution in [0.4, 0.5) is 5.82 Å². The van der Waals surface area contributed by atoms with Crippen molar-refractivity contribution in [3.8, 4) is 0 Å². The van der Waals surface area contributed by atoms with Crippen molar-refractivity contribution in [1.82, 2.24) is 9.97 Å². The molecule has 0 aliphatic rings. The lowest BCUT2D eigenvalue weighted by Gasteiger charge is -2.07. The van der Waals surface area contributed by atoms with E-state index in [2.05, 4.69) is 9.97 Å². The molecule has 0 aliphatic carbocycles. The van der Waals surface area contributed by atoms with Crippen molar-refractivity contribution in [3.05, 3.63) is 41.0 Å². The Bertz CT molecular complexity index is 737. The van der Waals surface area contributed by atoms with E-state index in [0.717, 1.165) is 21.9 Å². The van der Waals surface area contributed by atoms with E-state index in [1.54, 1.807) is 12.3 Å². The zero-order valence-corrected chi connectivity index (χ0v) is 9.99. The largest absolute Gasteiger partial charge is 0.382 e. The number of aromatic nitrogens is 2. The summed E-state index contributed by atoms with van der Waals surface area (Å²) in [7, 11) is 0. The fourth-order valence-corrected chi connectivity index (χ4v) is 2.26. The summed E-state index contributed by atoms with van der Waals surface area (Å²) in [5.74, 6) is 0.417. The van der Waals surface area contributed by atoms with E-state index < -0.39 is 0 Å². The molecule has 1 aromatic carbocycles. The van der Waals surface area contributed by atoms with E-state index in [0.29, 0.717) is 16.4 Å². The van der Waals surface area contributed by atoms with Gasteiger partial charge in [0, 0.05) is 17.0 Å². The molecule has 0 saturated carbocycles. The van der Waals surface area contributed by atoms with E-state index >= 15 is 0 Å². The first kappa shape index (κ1) is 10.3. The fourth-order valence-electron chi connectivity index (χ4n) is 2.02. The van der Waals surface area contributed by atoms with Gasteiger partial charge in [-0.2, -0.15) is 0 Å². The molecule has 17 heavy (non-hydrogen) atoms. The van der Waals surface area contributed by atoms with Crippen molar-refractivity contribution < 1.29 is 0 Å². The molecule has 2 aromatic heterocycles. The van der Waals surface area contributed by atoms with Gasteiger partial charge in [0.15, 0.2) is 5.82 Å². The van der Waals surface area contributed by atoms with Gasteiger partial charge in [-0.15, -0.1) is 0 Å². The summed E-state index contributed by atoms with van der Waals surface area (Å²) >= 11 is 6.22. The molecule has 0 unspecified atom stereocenters. The predicted octanol–water partition coefficient (Wildman–Crippen LogP) is 3.33. The van der Waals surface area contributed by atoms with Crippen molar-refractivity contribution >= 4 is 39.2 Å². The number of nitrogens with two attached hydrogens (primary N) is 1. The molecule has 84 valence electrons. The second-order valence-electron chi connectivity index (χ2n) is 4.03. The Morgan fingerprint density at radius 2 is 2.06 bits per heavy atom. The molecule has 3 rings (SSSR count). The minimum Gasteiger partial charge on any atom is -0.382 e. The number of rotatable bonds is 0. The molecule has 0 fully saturated rings. The molecule has 2 N–H and O–H groups in total. The molecule has 3 aromatic rings. The van der Waals surface area contributed by atoms with Crippen LogP contribution in [0.5, 0.6) is 0 Å². The summed E-state index contributed by atoms with van der Waals surface area (Å²) in [5.41, 5.74) is 8.56. The Kier molecular flexibility index (Phi) is 2.16. The quantitative estimate of drug-likeness (QED) is 0.616. The first-order chi connectivity index (χ1) is 8.16. The molecular formula is C13H10ClN3. The van der Waals surface area contributed by atoms with Crippen LogP contribution in [0.15, 0.2) is 30.5 Å². The van der Waals surface area contributed by atoms with E-state index in [9.17, 15) is 0 Å². The number of aryl methyl sites for hydroxylation is 1. The van der Waals surface area contributed by atoms with E-state index in [4.69, 9.17) is 17.3 Å². The standard InChI is InChI=1S/C13H10ClN3/c1-7-2-3-8-10(6-7)17-13(15)12-11(8)9(14)4-5-16-12/h2-6H,1H3,(H2,15,17). The van der Waals surface area contributed by atoms with Gasteiger partial charge in [0.25, 0.3) is 0 Å². The molecule has 0 saturated heterocycles. The second-order valence-corrected chi connectivity index (χ2v) is 4.44. The van der Waals surface area contributed by atoms with Crippen LogP contribution < -0.4 is 5.73 Å². The highest BCUT2D eigenvalue weighted by molar-refractivity contribution is 6.37. The van der Waals surface area contributed by atoms with Crippen LogP contribution in [0, 0.1) is 6.92 Å². The molecular weight excluding hydrogens is 234 g/mol. The molecule has 0 bridgehead atoms. The van der Waals surface area contributed by atoms with Gasteiger partial charge in [-0.3, -0.25) is 4.98 Å². The third kappa shape index (κ3) is 1.51. The lowest BCUT2D eigenvalue weighted by Crippen LogP contribution is -1.95. The maximum atomic E-state index is 6.22. The summed E-state index contributed by atoms with van der Waals surface area (Å²) in [5, 5.41) is 2.51. The molecule has 0 spiro atoms. The molecule has 0 atom stereocenters. The van der Waals surface area contributed by atoms with Crippen molar-refractivity contribution in [1.29, 1.82) is 0 Å². The summed E-state index contributed by atoms with van der Waals surface area (Å²) in [6.45, 7) is 2.02. The van der Waals surface area contributed by atoms with Crippen molar-refractivity contribution in [2.45, 2.75) is 6.92 Å². The van der Waals surface area contributed by atoms with Gasteiger partial charge in [-0.25, -0.2) is 4.98 Å². The average Bonchev–Trinajstić information content (AvgIpc) is 2.29. The van der Waals surface area contributed by atoms with Gasteiger partial charge in [0.2, 0.25) is 0 Å². The van der Waals surface area contributed by atoms with Crippen LogP contribution in [0.25, 0.3) is 21.8 Å². The second kappa shape index (κ2) is 3.57. The van der Waals surface area contributed by atoms with Crippen molar-refractivity contribution in [3.63, 3.8) is 0 Å². The van der Waals surface area contributed by atoms with Crippen LogP contribution >= 0.6 is 11.6 Å². The van der Waals surface area contributed by atoms with Crippen LogP contribution in [-0.2, 0) is 0 Å². The maximum absolute atomic E-state index is 6.22. The van der Waals surface area contributed by atoms with E-state index in [1.807, 2.05) is 25.1 Å². The van der Waals surface area contributed by atoms with Crippen LogP contribution in [-0.4, -0.2) is 9.97 Å². The molecule has 0 amide bonds. The van der Waals surface area contributed by atoms with Crippen LogP contribution in [0.1, 0.15) is 5.56 Å². The minimum atomic E-state index is 0.417. The number of halogens is 1. The first-order valence-corrected chi connectivity index (χ1v) is 5.64. The van der Waals surface area contributed by atoms with E-state index in [1.165, 1.54) is 0 Å². The number of anilines is 1. The van der Waals surface area contributed by atoms with Crippen LogP contribution in [0.3, 0.4) is 0 Å². The average molecular weight is 244 g/mol. The lowest BCUT2D eigenvalue weighted by molar-refractivity contribution is 1.35. The monoisotopic (exact) mass is 243 g/mol. The van der Waals surface area contributed by atoms with Gasteiger partial charge in [-0.1, -0.05) is 23.7 Å². The molecule has 0 radical (unpaired) electrons. The summed E-state index contributed by atoms with van der Waals surface area (Å²) in [6, 6.07) is 7.80.